The summed E-state index contributed by atoms with van der Waals surface area (Å²) in [4.78, 5) is 25.8. The van der Waals surface area contributed by atoms with E-state index in [0.717, 1.165) is 43.1 Å². The molecule has 1 spiro atoms. The number of furan rings is 1. The van der Waals surface area contributed by atoms with E-state index in [0.29, 0.717) is 18.8 Å². The Labute approximate surface area is 198 Å². The van der Waals surface area contributed by atoms with Crippen molar-refractivity contribution in [3.05, 3.63) is 60.3 Å². The van der Waals surface area contributed by atoms with Crippen molar-refractivity contribution in [2.75, 3.05) is 26.7 Å². The van der Waals surface area contributed by atoms with Gasteiger partial charge in [-0.3, -0.25) is 9.69 Å². The van der Waals surface area contributed by atoms with Crippen LogP contribution in [0.25, 0.3) is 11.4 Å². The third-order valence-corrected chi connectivity index (χ3v) is 6.17. The second kappa shape index (κ2) is 9.53. The zero-order chi connectivity index (χ0) is 25.2. The average Bonchev–Trinajstić information content (AvgIpc) is 3.50. The first-order chi connectivity index (χ1) is 16.6. The van der Waals surface area contributed by atoms with Crippen molar-refractivity contribution < 1.29 is 32.3 Å². The molecule has 4 heterocycles. The Morgan fingerprint density at radius 2 is 1.71 bits per heavy atom. The second-order valence-corrected chi connectivity index (χ2v) is 8.61. The molecule has 5 rings (SSSR count). The minimum atomic E-state index is -5.08. The molecule has 2 aromatic heterocycles. The van der Waals surface area contributed by atoms with Gasteiger partial charge in [0.1, 0.15) is 5.82 Å². The first-order valence-corrected chi connectivity index (χ1v) is 10.9. The molecule has 1 aromatic carbocycles. The summed E-state index contributed by atoms with van der Waals surface area (Å²) < 4.78 is 39.4. The fraction of sp³-hybridized carbons (Fsp3) is 0.391. The molecular weight excluding hydrogens is 467 g/mol. The number of benzene rings is 1. The zero-order valence-electron chi connectivity index (χ0n) is 18.9. The summed E-state index contributed by atoms with van der Waals surface area (Å²) >= 11 is 0. The smallest absolute Gasteiger partial charge is 0.475 e. The van der Waals surface area contributed by atoms with Crippen LogP contribution < -0.4 is 0 Å². The molecule has 2 aliphatic rings. The fourth-order valence-electron chi connectivity index (χ4n) is 4.63. The molecule has 1 amide bonds. The Hall–Kier alpha value is -3.67. The lowest BCUT2D eigenvalue weighted by Gasteiger charge is -2.48. The standard InChI is InChI=1S/C21H23N5O2.C2HF3O2/c1-24-14-18-22-23-19(16-6-3-2-4-7-16)26(18)21(15-24)9-11-25(12-10-21)20(27)17-8-5-13-28-17;3-2(4,5)1(6)7/h2-8,13H,9-12,14-15H2,1H3;(H,6,7). The second-order valence-electron chi connectivity index (χ2n) is 8.61. The lowest BCUT2D eigenvalue weighted by molar-refractivity contribution is -0.192. The Balaban J connectivity index is 0.000000364. The molecule has 3 aromatic rings. The highest BCUT2D eigenvalue weighted by Gasteiger charge is 2.44. The highest BCUT2D eigenvalue weighted by atomic mass is 19.4. The van der Waals surface area contributed by atoms with Gasteiger partial charge < -0.3 is 19.0 Å². The topological polar surface area (TPSA) is 105 Å². The average molecular weight is 491 g/mol. The number of piperidine rings is 1. The number of fused-ring (bicyclic) bond motifs is 2. The molecule has 0 atom stereocenters. The highest BCUT2D eigenvalue weighted by Crippen LogP contribution is 2.39. The molecule has 0 aliphatic carbocycles. The van der Waals surface area contributed by atoms with E-state index in [4.69, 9.17) is 14.3 Å². The van der Waals surface area contributed by atoms with E-state index in [1.807, 2.05) is 23.1 Å². The number of hydrogen-bond donors (Lipinski definition) is 1. The highest BCUT2D eigenvalue weighted by molar-refractivity contribution is 5.91. The van der Waals surface area contributed by atoms with Gasteiger partial charge in [0.05, 0.1) is 18.3 Å². The summed E-state index contributed by atoms with van der Waals surface area (Å²) in [6.07, 6.45) is -1.80. The van der Waals surface area contributed by atoms with Crippen LogP contribution in [0.3, 0.4) is 0 Å². The van der Waals surface area contributed by atoms with Gasteiger partial charge in [0.25, 0.3) is 5.91 Å². The summed E-state index contributed by atoms with van der Waals surface area (Å²) in [5.74, 6) is -0.455. The van der Waals surface area contributed by atoms with Crippen LogP contribution in [0, 0.1) is 0 Å². The van der Waals surface area contributed by atoms with Crippen LogP contribution in [0.15, 0.2) is 53.1 Å². The zero-order valence-corrected chi connectivity index (χ0v) is 18.9. The molecule has 0 unspecified atom stereocenters. The molecule has 35 heavy (non-hydrogen) atoms. The first kappa shape index (κ1) is 24.5. The molecule has 12 heteroatoms. The number of aliphatic carboxylic acids is 1. The lowest BCUT2D eigenvalue weighted by Crippen LogP contribution is -2.56. The minimum Gasteiger partial charge on any atom is -0.475 e. The first-order valence-electron chi connectivity index (χ1n) is 10.9. The maximum absolute atomic E-state index is 12.7. The van der Waals surface area contributed by atoms with Gasteiger partial charge in [0.15, 0.2) is 11.6 Å². The predicted molar refractivity (Wildman–Crippen MR) is 117 cm³/mol. The van der Waals surface area contributed by atoms with Crippen LogP contribution in [0.1, 0.15) is 29.2 Å². The van der Waals surface area contributed by atoms with Crippen LogP contribution in [0.4, 0.5) is 13.2 Å². The van der Waals surface area contributed by atoms with Crippen molar-refractivity contribution in [3.8, 4) is 11.4 Å². The summed E-state index contributed by atoms with van der Waals surface area (Å²) in [5, 5.41) is 16.2. The van der Waals surface area contributed by atoms with Crippen molar-refractivity contribution in [2.45, 2.75) is 31.1 Å². The number of nitrogens with zero attached hydrogens (tertiary/aromatic N) is 5. The quantitative estimate of drug-likeness (QED) is 0.587. The van der Waals surface area contributed by atoms with Gasteiger partial charge in [-0.15, -0.1) is 10.2 Å². The van der Waals surface area contributed by atoms with Gasteiger partial charge >= 0.3 is 12.1 Å². The number of likely N-dealkylation sites (N-methyl/N-ethyl adjacent to an activating group) is 1. The van der Waals surface area contributed by atoms with Gasteiger partial charge in [-0.2, -0.15) is 13.2 Å². The van der Waals surface area contributed by atoms with Crippen molar-refractivity contribution >= 4 is 11.9 Å². The number of amides is 1. The van der Waals surface area contributed by atoms with Crippen LogP contribution in [-0.4, -0.2) is 74.4 Å². The molecule has 0 radical (unpaired) electrons. The van der Waals surface area contributed by atoms with Gasteiger partial charge in [-0.05, 0) is 32.0 Å². The van der Waals surface area contributed by atoms with Crippen LogP contribution in [0.2, 0.25) is 0 Å². The number of carboxylic acid groups (broad SMARTS) is 1. The monoisotopic (exact) mass is 491 g/mol. The lowest BCUT2D eigenvalue weighted by atomic mass is 9.84. The number of alkyl halides is 3. The summed E-state index contributed by atoms with van der Waals surface area (Å²) in [5.41, 5.74) is 0.982. The van der Waals surface area contributed by atoms with Crippen LogP contribution >= 0.6 is 0 Å². The fourth-order valence-corrected chi connectivity index (χ4v) is 4.63. The van der Waals surface area contributed by atoms with E-state index in [2.05, 4.69) is 38.8 Å². The maximum atomic E-state index is 12.7. The van der Waals surface area contributed by atoms with E-state index in [9.17, 15) is 18.0 Å². The van der Waals surface area contributed by atoms with E-state index in [1.165, 1.54) is 0 Å². The normalized spacial score (nSPS) is 17.4. The summed E-state index contributed by atoms with van der Waals surface area (Å²) in [6, 6.07) is 13.7. The third-order valence-electron chi connectivity index (χ3n) is 6.17. The van der Waals surface area contributed by atoms with E-state index in [1.54, 1.807) is 18.4 Å². The number of hydrogen-bond acceptors (Lipinski definition) is 6. The molecule has 1 saturated heterocycles. The van der Waals surface area contributed by atoms with Gasteiger partial charge in [-0.1, -0.05) is 30.3 Å². The number of aromatic nitrogens is 3. The molecule has 0 bridgehead atoms. The number of halogens is 3. The van der Waals surface area contributed by atoms with Crippen LogP contribution in [0.5, 0.6) is 0 Å². The van der Waals surface area contributed by atoms with Crippen molar-refractivity contribution in [2.24, 2.45) is 0 Å². The van der Waals surface area contributed by atoms with E-state index in [-0.39, 0.29) is 11.4 Å². The number of likely N-dealkylation sites (tertiary alicyclic amines) is 1. The molecule has 1 fully saturated rings. The van der Waals surface area contributed by atoms with Gasteiger partial charge in [0.2, 0.25) is 0 Å². The van der Waals surface area contributed by atoms with Gasteiger partial charge in [-0.25, -0.2) is 4.79 Å². The SMILES string of the molecule is CN1Cc2nnc(-c3ccccc3)n2C2(CCN(C(=O)c3ccco3)CC2)C1.O=C(O)C(F)(F)F. The largest absolute Gasteiger partial charge is 0.490 e. The predicted octanol–water partition coefficient (Wildman–Crippen LogP) is 3.25. The van der Waals surface area contributed by atoms with Gasteiger partial charge in [0, 0.05) is 25.2 Å². The number of carbonyl (C=O) groups excluding carboxylic acids is 1. The number of carboxylic acids is 1. The molecular formula is C23H24F3N5O4. The molecule has 0 saturated carbocycles. The van der Waals surface area contributed by atoms with E-state index < -0.39 is 12.1 Å². The third kappa shape index (κ3) is 5.06. The molecule has 2 aliphatic heterocycles. The van der Waals surface area contributed by atoms with Crippen LogP contribution in [-0.2, 0) is 16.9 Å². The molecule has 1 N–H and O–H groups in total. The Bertz CT molecular complexity index is 1170. The summed E-state index contributed by atoms with van der Waals surface area (Å²) in [7, 11) is 2.13. The number of rotatable bonds is 2. The van der Waals surface area contributed by atoms with Crippen molar-refractivity contribution in [1.82, 2.24) is 24.6 Å². The number of carbonyl (C=O) groups is 2. The molecule has 186 valence electrons. The van der Waals surface area contributed by atoms with Crippen molar-refractivity contribution in [1.29, 1.82) is 0 Å². The van der Waals surface area contributed by atoms with E-state index >= 15 is 0 Å². The minimum absolute atomic E-state index is 0.0312. The molecule has 9 nitrogen and oxygen atoms in total. The maximum Gasteiger partial charge on any atom is 0.490 e. The Kier molecular flexibility index (Phi) is 6.66. The Morgan fingerprint density at radius 1 is 1.06 bits per heavy atom. The van der Waals surface area contributed by atoms with Crippen molar-refractivity contribution in [3.63, 3.8) is 0 Å². The Morgan fingerprint density at radius 3 is 2.29 bits per heavy atom. The summed E-state index contributed by atoms with van der Waals surface area (Å²) in [6.45, 7) is 3.11.